The average Bonchev–Trinajstić information content (AvgIpc) is 2.78. The lowest BCUT2D eigenvalue weighted by Gasteiger charge is -2.51. The standard InChI is InChI=1S/C22H20F3N5O2/c1-13(17-5-4-14(10-26)11-29-17)30-12-16(20(32)27-3)19(31)18(15-6-8-28-9-7-15)21(30,2)22(23,24)25/h4-9,11-13,18H,1-3H3,(H,27,32). The van der Waals surface area contributed by atoms with Gasteiger partial charge < -0.3 is 10.2 Å². The third-order valence-corrected chi connectivity index (χ3v) is 5.74. The molecule has 3 rings (SSSR count). The molecule has 1 aliphatic heterocycles. The normalized spacial score (nSPS) is 22.0. The Bertz CT molecular complexity index is 1090. The second kappa shape index (κ2) is 8.42. The number of Topliss-reactive ketones (excluding diaryl/α,β-unsaturated/α-hetero) is 1. The number of hydrogen-bond acceptors (Lipinski definition) is 6. The molecular formula is C22H20F3N5O2. The number of carbonyl (C=O) groups is 2. The van der Waals surface area contributed by atoms with Crippen LogP contribution in [0.15, 0.2) is 54.6 Å². The van der Waals surface area contributed by atoms with Crippen LogP contribution in [-0.2, 0) is 9.59 Å². The van der Waals surface area contributed by atoms with Crippen molar-refractivity contribution in [1.29, 1.82) is 5.26 Å². The summed E-state index contributed by atoms with van der Waals surface area (Å²) in [7, 11) is 1.30. The molecule has 0 saturated heterocycles. The quantitative estimate of drug-likeness (QED) is 0.730. The molecule has 2 aromatic heterocycles. The third kappa shape index (κ3) is 3.70. The first-order chi connectivity index (χ1) is 15.1. The molecule has 0 fully saturated rings. The molecule has 0 radical (unpaired) electrons. The molecule has 32 heavy (non-hydrogen) atoms. The van der Waals surface area contributed by atoms with Gasteiger partial charge in [-0.25, -0.2) is 0 Å². The van der Waals surface area contributed by atoms with Crippen LogP contribution in [0.2, 0.25) is 0 Å². The van der Waals surface area contributed by atoms with Gasteiger partial charge in [-0.3, -0.25) is 19.6 Å². The predicted octanol–water partition coefficient (Wildman–Crippen LogP) is 3.03. The van der Waals surface area contributed by atoms with E-state index in [9.17, 15) is 22.8 Å². The number of hydrogen-bond donors (Lipinski definition) is 1. The van der Waals surface area contributed by atoms with Gasteiger partial charge in [0.25, 0.3) is 5.91 Å². The Balaban J connectivity index is 2.27. The molecule has 3 unspecified atom stereocenters. The number of aromatic nitrogens is 2. The summed E-state index contributed by atoms with van der Waals surface area (Å²) in [4.78, 5) is 34.6. The number of nitrogens with one attached hydrogen (secondary N) is 1. The lowest BCUT2D eigenvalue weighted by Crippen LogP contribution is -2.63. The molecule has 0 bridgehead atoms. The van der Waals surface area contributed by atoms with Crippen LogP contribution in [0.3, 0.4) is 0 Å². The maximum absolute atomic E-state index is 14.7. The number of likely N-dealkylation sites (N-methyl/N-ethyl adjacent to an activating group) is 1. The fourth-order valence-corrected chi connectivity index (χ4v) is 3.92. The monoisotopic (exact) mass is 443 g/mol. The first-order valence-electron chi connectivity index (χ1n) is 9.65. The number of nitriles is 1. The van der Waals surface area contributed by atoms with Crippen LogP contribution >= 0.6 is 0 Å². The fourth-order valence-electron chi connectivity index (χ4n) is 3.92. The van der Waals surface area contributed by atoms with Gasteiger partial charge in [-0.15, -0.1) is 0 Å². The highest BCUT2D eigenvalue weighted by Gasteiger charge is 2.64. The number of halogens is 3. The highest BCUT2D eigenvalue weighted by atomic mass is 19.4. The second-order valence-electron chi connectivity index (χ2n) is 7.51. The van der Waals surface area contributed by atoms with E-state index < -0.39 is 40.9 Å². The van der Waals surface area contributed by atoms with Gasteiger partial charge in [0.05, 0.1) is 28.8 Å². The average molecular weight is 443 g/mol. The van der Waals surface area contributed by atoms with Crippen molar-refractivity contribution in [3.63, 3.8) is 0 Å². The molecule has 1 aliphatic rings. The van der Waals surface area contributed by atoms with E-state index in [2.05, 4.69) is 15.3 Å². The van der Waals surface area contributed by atoms with Crippen molar-refractivity contribution in [3.8, 4) is 6.07 Å². The number of nitrogens with zero attached hydrogens (tertiary/aromatic N) is 4. The summed E-state index contributed by atoms with van der Waals surface area (Å²) >= 11 is 0. The molecular weight excluding hydrogens is 423 g/mol. The van der Waals surface area contributed by atoms with Gasteiger partial charge in [0.2, 0.25) is 0 Å². The largest absolute Gasteiger partial charge is 0.412 e. The van der Waals surface area contributed by atoms with Crippen molar-refractivity contribution in [2.24, 2.45) is 0 Å². The maximum Gasteiger partial charge on any atom is 0.412 e. The molecule has 3 atom stereocenters. The van der Waals surface area contributed by atoms with Gasteiger partial charge in [-0.2, -0.15) is 18.4 Å². The summed E-state index contributed by atoms with van der Waals surface area (Å²) in [5, 5.41) is 11.3. The van der Waals surface area contributed by atoms with Crippen LogP contribution in [0.25, 0.3) is 0 Å². The van der Waals surface area contributed by atoms with Crippen molar-refractivity contribution in [3.05, 3.63) is 71.4 Å². The van der Waals surface area contributed by atoms with Crippen molar-refractivity contribution >= 4 is 11.7 Å². The smallest absolute Gasteiger partial charge is 0.355 e. The highest BCUT2D eigenvalue weighted by Crippen LogP contribution is 2.52. The molecule has 0 aromatic carbocycles. The third-order valence-electron chi connectivity index (χ3n) is 5.74. The minimum Gasteiger partial charge on any atom is -0.355 e. The Morgan fingerprint density at radius 1 is 1.28 bits per heavy atom. The Hall–Kier alpha value is -3.74. The lowest BCUT2D eigenvalue weighted by atomic mass is 9.71. The van der Waals surface area contributed by atoms with Crippen LogP contribution in [0.4, 0.5) is 13.2 Å². The molecule has 1 amide bonds. The summed E-state index contributed by atoms with van der Waals surface area (Å²) in [6.07, 6.45) is -0.0465. The van der Waals surface area contributed by atoms with E-state index in [1.165, 1.54) is 56.8 Å². The molecule has 1 N–H and O–H groups in total. The Labute approximate surface area is 182 Å². The lowest BCUT2D eigenvalue weighted by molar-refractivity contribution is -0.233. The summed E-state index contributed by atoms with van der Waals surface area (Å²) in [5.74, 6) is -3.45. The minimum absolute atomic E-state index is 0.0873. The Morgan fingerprint density at radius 2 is 1.94 bits per heavy atom. The van der Waals surface area contributed by atoms with Gasteiger partial charge in [0, 0.05) is 31.8 Å². The van der Waals surface area contributed by atoms with Gasteiger partial charge in [-0.1, -0.05) is 0 Å². The van der Waals surface area contributed by atoms with Gasteiger partial charge in [0.1, 0.15) is 11.6 Å². The van der Waals surface area contributed by atoms with E-state index in [1.54, 1.807) is 0 Å². The minimum atomic E-state index is -4.86. The maximum atomic E-state index is 14.7. The predicted molar refractivity (Wildman–Crippen MR) is 108 cm³/mol. The Kier molecular flexibility index (Phi) is 6.03. The van der Waals surface area contributed by atoms with E-state index in [0.29, 0.717) is 0 Å². The summed E-state index contributed by atoms with van der Waals surface area (Å²) in [5.41, 5.74) is -2.50. The molecule has 2 aromatic rings. The summed E-state index contributed by atoms with van der Waals surface area (Å²) in [6, 6.07) is 6.49. The zero-order valence-electron chi connectivity index (χ0n) is 17.5. The Morgan fingerprint density at radius 3 is 2.44 bits per heavy atom. The van der Waals surface area contributed by atoms with E-state index >= 15 is 0 Å². The molecule has 0 spiro atoms. The van der Waals surface area contributed by atoms with Crippen molar-refractivity contribution in [2.75, 3.05) is 7.05 Å². The molecule has 3 heterocycles. The molecule has 7 nitrogen and oxygen atoms in total. The molecule has 166 valence electrons. The van der Waals surface area contributed by atoms with Crippen LogP contribution in [0.5, 0.6) is 0 Å². The molecule has 0 saturated carbocycles. The first kappa shape index (κ1) is 22.9. The SMILES string of the molecule is CNC(=O)C1=CN(C(C)c2ccc(C#N)cn2)C(C)(C(F)(F)F)C(c2ccncc2)C1=O. The van der Waals surface area contributed by atoms with Crippen LogP contribution < -0.4 is 5.32 Å². The van der Waals surface area contributed by atoms with Crippen LogP contribution in [0, 0.1) is 11.3 Å². The number of pyridine rings is 2. The topological polar surface area (TPSA) is 99.0 Å². The van der Waals surface area contributed by atoms with Crippen molar-refractivity contribution < 1.29 is 22.8 Å². The van der Waals surface area contributed by atoms with E-state index in [-0.39, 0.29) is 16.8 Å². The number of carbonyl (C=O) groups excluding carboxylic acids is 2. The van der Waals surface area contributed by atoms with Gasteiger partial charge >= 0.3 is 6.18 Å². The van der Waals surface area contributed by atoms with Crippen molar-refractivity contribution in [1.82, 2.24) is 20.2 Å². The van der Waals surface area contributed by atoms with Crippen LogP contribution in [-0.4, -0.2) is 45.3 Å². The van der Waals surface area contributed by atoms with E-state index in [1.807, 2.05) is 6.07 Å². The number of alkyl halides is 3. The van der Waals surface area contributed by atoms with Gasteiger partial charge in [0.15, 0.2) is 5.78 Å². The number of ketones is 1. The van der Waals surface area contributed by atoms with Crippen LogP contribution in [0.1, 0.15) is 42.6 Å². The first-order valence-corrected chi connectivity index (χ1v) is 9.65. The molecule has 10 heteroatoms. The fraction of sp³-hybridized carbons (Fsp3) is 0.318. The number of rotatable bonds is 4. The summed E-state index contributed by atoms with van der Waals surface area (Å²) in [6.45, 7) is 2.43. The second-order valence-corrected chi connectivity index (χ2v) is 7.51. The molecule has 0 aliphatic carbocycles. The summed E-state index contributed by atoms with van der Waals surface area (Å²) < 4.78 is 44.1. The van der Waals surface area contributed by atoms with Crippen molar-refractivity contribution in [2.45, 2.75) is 37.5 Å². The van der Waals surface area contributed by atoms with E-state index in [0.717, 1.165) is 18.0 Å². The highest BCUT2D eigenvalue weighted by molar-refractivity contribution is 6.22. The zero-order valence-corrected chi connectivity index (χ0v) is 17.5. The van der Waals surface area contributed by atoms with Gasteiger partial charge in [-0.05, 0) is 43.7 Å². The van der Waals surface area contributed by atoms with E-state index in [4.69, 9.17) is 5.26 Å². The zero-order chi connectivity index (χ0) is 23.7. The number of amides is 1.